The predicted octanol–water partition coefficient (Wildman–Crippen LogP) is 2.67. The van der Waals surface area contributed by atoms with Crippen LogP contribution in [0.25, 0.3) is 11.0 Å². The lowest BCUT2D eigenvalue weighted by atomic mass is 9.95. The minimum Gasteiger partial charge on any atom is -0.507 e. The van der Waals surface area contributed by atoms with Gasteiger partial charge in [-0.2, -0.15) is 0 Å². The van der Waals surface area contributed by atoms with Gasteiger partial charge in [-0.05, 0) is 18.6 Å². The first kappa shape index (κ1) is 15.8. The molecule has 2 aromatic rings. The first-order valence-corrected chi connectivity index (χ1v) is 7.18. The fourth-order valence-electron chi connectivity index (χ4n) is 2.70. The number of fused-ring (bicyclic) bond motifs is 1. The largest absolute Gasteiger partial charge is 0.507 e. The van der Waals surface area contributed by atoms with E-state index in [0.717, 1.165) is 0 Å². The lowest BCUT2D eigenvalue weighted by molar-refractivity contribution is 0.248. The summed E-state index contributed by atoms with van der Waals surface area (Å²) in [6.07, 6.45) is 3.43. The van der Waals surface area contributed by atoms with Gasteiger partial charge in [0.2, 0.25) is 11.2 Å². The van der Waals surface area contributed by atoms with Gasteiger partial charge in [0, 0.05) is 18.1 Å². The Hall–Kier alpha value is -3.09. The number of hydrogen-bond acceptors (Lipinski definition) is 7. The Labute approximate surface area is 136 Å². The number of benzene rings is 1. The number of aromatic hydroxyl groups is 2. The Morgan fingerprint density at radius 3 is 2.54 bits per heavy atom. The van der Waals surface area contributed by atoms with E-state index in [0.29, 0.717) is 17.9 Å². The zero-order valence-corrected chi connectivity index (χ0v) is 13.1. The molecule has 0 fully saturated rings. The zero-order valence-electron chi connectivity index (χ0n) is 13.1. The minimum atomic E-state index is -0.749. The summed E-state index contributed by atoms with van der Waals surface area (Å²) < 4.78 is 15.7. The highest BCUT2D eigenvalue weighted by Gasteiger charge is 2.26. The van der Waals surface area contributed by atoms with E-state index in [1.807, 2.05) is 0 Å². The molecule has 7 heteroatoms. The third kappa shape index (κ3) is 2.44. The Morgan fingerprint density at radius 1 is 1.17 bits per heavy atom. The Kier molecular flexibility index (Phi) is 3.84. The molecular formula is C17H16O7. The molecule has 7 nitrogen and oxygen atoms in total. The predicted molar refractivity (Wildman–Crippen MR) is 85.5 cm³/mol. The maximum absolute atomic E-state index is 12.4. The van der Waals surface area contributed by atoms with Crippen molar-refractivity contribution in [1.29, 1.82) is 0 Å². The van der Waals surface area contributed by atoms with E-state index < -0.39 is 17.1 Å². The molecule has 0 saturated carbocycles. The van der Waals surface area contributed by atoms with Crippen molar-refractivity contribution in [3.63, 3.8) is 0 Å². The van der Waals surface area contributed by atoms with E-state index >= 15 is 0 Å². The number of aliphatic hydroxyl groups excluding tert-OH is 1. The van der Waals surface area contributed by atoms with Crippen LogP contribution >= 0.6 is 0 Å². The number of phenolic OH excluding ortho intramolecular Hbond substituents is 1. The molecule has 1 aromatic carbocycles. The number of rotatable bonds is 3. The second-order valence-electron chi connectivity index (χ2n) is 5.33. The SMILES string of the molecule is COC1=CCC(c2oc3cc(OC)cc(O)c3c(=O)c2O)C=C1O. The van der Waals surface area contributed by atoms with Gasteiger partial charge in [-0.1, -0.05) is 0 Å². The summed E-state index contributed by atoms with van der Waals surface area (Å²) in [5.74, 6) is -0.983. The van der Waals surface area contributed by atoms with Gasteiger partial charge in [-0.25, -0.2) is 0 Å². The van der Waals surface area contributed by atoms with Crippen LogP contribution < -0.4 is 10.2 Å². The van der Waals surface area contributed by atoms with Crippen molar-refractivity contribution in [3.8, 4) is 17.2 Å². The smallest absolute Gasteiger partial charge is 0.238 e. The molecule has 126 valence electrons. The highest BCUT2D eigenvalue weighted by Crippen LogP contribution is 2.37. The topological polar surface area (TPSA) is 109 Å². The van der Waals surface area contributed by atoms with Crippen LogP contribution in [-0.2, 0) is 4.74 Å². The van der Waals surface area contributed by atoms with Crippen LogP contribution in [0.4, 0.5) is 0 Å². The van der Waals surface area contributed by atoms with Crippen molar-refractivity contribution in [2.24, 2.45) is 0 Å². The number of ether oxygens (including phenoxy) is 2. The molecular weight excluding hydrogens is 316 g/mol. The highest BCUT2D eigenvalue weighted by molar-refractivity contribution is 5.86. The van der Waals surface area contributed by atoms with E-state index in [1.165, 1.54) is 32.4 Å². The molecule has 3 N–H and O–H groups in total. The molecule has 3 rings (SSSR count). The molecule has 1 aliphatic rings. The molecule has 1 heterocycles. The summed E-state index contributed by atoms with van der Waals surface area (Å²) in [6.45, 7) is 0. The van der Waals surface area contributed by atoms with Crippen LogP contribution in [0, 0.1) is 0 Å². The molecule has 0 bridgehead atoms. The lowest BCUT2D eigenvalue weighted by Crippen LogP contribution is -2.10. The van der Waals surface area contributed by atoms with Gasteiger partial charge in [0.15, 0.2) is 17.3 Å². The molecule has 1 unspecified atom stereocenters. The number of hydrogen-bond donors (Lipinski definition) is 3. The van der Waals surface area contributed by atoms with Crippen molar-refractivity contribution in [2.75, 3.05) is 14.2 Å². The zero-order chi connectivity index (χ0) is 17.4. The van der Waals surface area contributed by atoms with Gasteiger partial charge < -0.3 is 29.2 Å². The van der Waals surface area contributed by atoms with Crippen molar-refractivity contribution in [1.82, 2.24) is 0 Å². The summed E-state index contributed by atoms with van der Waals surface area (Å²) in [6, 6.07) is 2.71. The molecule has 0 saturated heterocycles. The monoisotopic (exact) mass is 332 g/mol. The number of methoxy groups -OCH3 is 2. The van der Waals surface area contributed by atoms with Crippen molar-refractivity contribution >= 4 is 11.0 Å². The van der Waals surface area contributed by atoms with Crippen LogP contribution in [-0.4, -0.2) is 29.5 Å². The van der Waals surface area contributed by atoms with E-state index in [-0.39, 0.29) is 28.2 Å². The number of allylic oxidation sites excluding steroid dienone is 2. The maximum Gasteiger partial charge on any atom is 0.238 e. The highest BCUT2D eigenvalue weighted by atomic mass is 16.5. The fraction of sp³-hybridized carbons (Fsp3) is 0.235. The second kappa shape index (κ2) is 5.84. The summed E-state index contributed by atoms with van der Waals surface area (Å²) in [7, 11) is 2.85. The molecule has 24 heavy (non-hydrogen) atoms. The van der Waals surface area contributed by atoms with Gasteiger partial charge in [0.1, 0.15) is 22.5 Å². The maximum atomic E-state index is 12.4. The molecule has 0 amide bonds. The van der Waals surface area contributed by atoms with Crippen LogP contribution in [0.2, 0.25) is 0 Å². The molecule has 1 aromatic heterocycles. The van der Waals surface area contributed by atoms with Crippen LogP contribution in [0.3, 0.4) is 0 Å². The van der Waals surface area contributed by atoms with E-state index in [1.54, 1.807) is 6.08 Å². The molecule has 0 spiro atoms. The normalized spacial score (nSPS) is 17.3. The summed E-state index contributed by atoms with van der Waals surface area (Å²) in [5.41, 5.74) is -0.667. The van der Waals surface area contributed by atoms with Gasteiger partial charge in [-0.3, -0.25) is 4.79 Å². The average molecular weight is 332 g/mol. The van der Waals surface area contributed by atoms with Crippen molar-refractivity contribution in [3.05, 3.63) is 51.8 Å². The van der Waals surface area contributed by atoms with E-state index in [4.69, 9.17) is 13.9 Å². The quantitative estimate of drug-likeness (QED) is 0.792. The van der Waals surface area contributed by atoms with Crippen molar-refractivity contribution in [2.45, 2.75) is 12.3 Å². The first-order valence-electron chi connectivity index (χ1n) is 7.18. The summed E-state index contributed by atoms with van der Waals surface area (Å²) in [4.78, 5) is 12.4. The second-order valence-corrected chi connectivity index (χ2v) is 5.33. The third-order valence-corrected chi connectivity index (χ3v) is 3.91. The minimum absolute atomic E-state index is 0.00175. The first-order chi connectivity index (χ1) is 11.5. The van der Waals surface area contributed by atoms with Gasteiger partial charge in [-0.15, -0.1) is 0 Å². The standard InChI is InChI=1S/C17H16O7/c1-22-9-6-11(19)14-13(7-9)24-17(16(21)15(14)20)8-3-4-12(23-2)10(18)5-8/h4-8,18-19,21H,3H2,1-2H3. The Morgan fingerprint density at radius 2 is 1.92 bits per heavy atom. The molecule has 1 atom stereocenters. The van der Waals surface area contributed by atoms with Crippen LogP contribution in [0.5, 0.6) is 17.2 Å². The van der Waals surface area contributed by atoms with E-state index in [2.05, 4.69) is 0 Å². The molecule has 0 aliphatic heterocycles. The lowest BCUT2D eigenvalue weighted by Gasteiger charge is -2.18. The van der Waals surface area contributed by atoms with Crippen molar-refractivity contribution < 1.29 is 29.2 Å². The van der Waals surface area contributed by atoms with Gasteiger partial charge in [0.25, 0.3) is 0 Å². The van der Waals surface area contributed by atoms with Crippen LogP contribution in [0.1, 0.15) is 18.1 Å². The summed E-state index contributed by atoms with van der Waals surface area (Å²) >= 11 is 0. The Balaban J connectivity index is 2.18. The average Bonchev–Trinajstić information content (AvgIpc) is 2.57. The van der Waals surface area contributed by atoms with Gasteiger partial charge >= 0.3 is 0 Å². The number of aliphatic hydroxyl groups is 1. The number of phenols is 1. The third-order valence-electron chi connectivity index (χ3n) is 3.91. The van der Waals surface area contributed by atoms with Crippen LogP contribution in [0.15, 0.2) is 45.0 Å². The molecule has 1 aliphatic carbocycles. The molecule has 0 radical (unpaired) electrons. The van der Waals surface area contributed by atoms with E-state index in [9.17, 15) is 20.1 Å². The fourth-order valence-corrected chi connectivity index (χ4v) is 2.70. The summed E-state index contributed by atoms with van der Waals surface area (Å²) in [5, 5.41) is 29.9. The van der Waals surface area contributed by atoms with Gasteiger partial charge in [0.05, 0.1) is 14.2 Å². The Bertz CT molecular complexity index is 921.